The predicted octanol–water partition coefficient (Wildman–Crippen LogP) is 4.74. The first kappa shape index (κ1) is 18.1. The molecule has 1 aromatic rings. The minimum Gasteiger partial charge on any atom is -0.497 e. The molecule has 3 atom stereocenters. The van der Waals surface area contributed by atoms with Crippen molar-refractivity contribution in [3.8, 4) is 5.75 Å². The molecule has 126 valence electrons. The molecule has 0 unspecified atom stereocenters. The summed E-state index contributed by atoms with van der Waals surface area (Å²) in [4.78, 5) is 0. The van der Waals surface area contributed by atoms with Crippen molar-refractivity contribution in [3.05, 3.63) is 53.2 Å². The molecular formula is C17H20Cl2O4. The molecule has 1 aliphatic rings. The van der Waals surface area contributed by atoms with E-state index in [1.54, 1.807) is 7.11 Å². The molecule has 0 aromatic heterocycles. The van der Waals surface area contributed by atoms with E-state index in [-0.39, 0.29) is 17.4 Å². The van der Waals surface area contributed by atoms with Crippen LogP contribution in [0.15, 0.2) is 47.7 Å². The number of methoxy groups -OCH3 is 1. The Labute approximate surface area is 146 Å². The van der Waals surface area contributed by atoms with Crippen LogP contribution in [0.2, 0.25) is 0 Å². The lowest BCUT2D eigenvalue weighted by atomic mass is 10.1. The fourth-order valence-corrected chi connectivity index (χ4v) is 2.49. The van der Waals surface area contributed by atoms with Gasteiger partial charge in [-0.3, -0.25) is 0 Å². The number of ether oxygens (including phenoxy) is 4. The zero-order valence-corrected chi connectivity index (χ0v) is 14.4. The Balaban J connectivity index is 2.06. The highest BCUT2D eigenvalue weighted by Gasteiger charge is 2.34. The Morgan fingerprint density at radius 2 is 2.13 bits per heavy atom. The Kier molecular flexibility index (Phi) is 7.24. The van der Waals surface area contributed by atoms with Crippen molar-refractivity contribution < 1.29 is 18.9 Å². The Morgan fingerprint density at radius 3 is 2.74 bits per heavy atom. The summed E-state index contributed by atoms with van der Waals surface area (Å²) in [5, 5.41) is 0.121. The molecule has 1 aromatic carbocycles. The number of halogens is 2. The lowest BCUT2D eigenvalue weighted by Gasteiger charge is -2.36. The first-order valence-electron chi connectivity index (χ1n) is 7.32. The molecule has 0 N–H and O–H groups in total. The topological polar surface area (TPSA) is 36.9 Å². The van der Waals surface area contributed by atoms with Crippen LogP contribution in [0.5, 0.6) is 5.75 Å². The van der Waals surface area contributed by atoms with Crippen LogP contribution in [0.4, 0.5) is 0 Å². The van der Waals surface area contributed by atoms with E-state index in [4.69, 9.17) is 42.1 Å². The second-order valence-corrected chi connectivity index (χ2v) is 5.64. The van der Waals surface area contributed by atoms with Gasteiger partial charge in [0.05, 0.1) is 19.3 Å². The van der Waals surface area contributed by atoms with Crippen LogP contribution in [-0.2, 0) is 14.2 Å². The lowest BCUT2D eigenvalue weighted by molar-refractivity contribution is -0.259. The number of benzene rings is 1. The third-order valence-electron chi connectivity index (χ3n) is 3.52. The highest BCUT2D eigenvalue weighted by molar-refractivity contribution is 6.35. The van der Waals surface area contributed by atoms with Crippen molar-refractivity contribution in [2.75, 3.05) is 13.7 Å². The van der Waals surface area contributed by atoms with Gasteiger partial charge in [0.15, 0.2) is 11.5 Å². The van der Waals surface area contributed by atoms with Gasteiger partial charge in [0.2, 0.25) is 0 Å². The van der Waals surface area contributed by atoms with Crippen LogP contribution >= 0.6 is 23.2 Å². The summed E-state index contributed by atoms with van der Waals surface area (Å²) >= 11 is 11.4. The fourth-order valence-electron chi connectivity index (χ4n) is 2.33. The van der Waals surface area contributed by atoms with Crippen LogP contribution in [0.1, 0.15) is 24.7 Å². The molecule has 0 radical (unpaired) electrons. The van der Waals surface area contributed by atoms with Gasteiger partial charge in [-0.25, -0.2) is 0 Å². The van der Waals surface area contributed by atoms with E-state index >= 15 is 0 Å². The minimum absolute atomic E-state index is 0.121. The Bertz CT molecular complexity index is 530. The van der Waals surface area contributed by atoms with E-state index in [0.29, 0.717) is 6.61 Å². The van der Waals surface area contributed by atoms with E-state index < -0.39 is 6.29 Å². The number of hydrogen-bond donors (Lipinski definition) is 0. The normalized spacial score (nSPS) is 25.0. The second kappa shape index (κ2) is 9.18. The molecule has 1 saturated heterocycles. The smallest absolute Gasteiger partial charge is 0.198 e. The van der Waals surface area contributed by atoms with Crippen molar-refractivity contribution >= 4 is 23.2 Å². The molecule has 0 aliphatic carbocycles. The minimum atomic E-state index is -0.450. The average molecular weight is 359 g/mol. The first-order valence-corrected chi connectivity index (χ1v) is 8.13. The summed E-state index contributed by atoms with van der Waals surface area (Å²) < 4.78 is 22.5. The molecule has 4 nitrogen and oxygen atoms in total. The zero-order valence-electron chi connectivity index (χ0n) is 12.9. The van der Waals surface area contributed by atoms with Gasteiger partial charge in [-0.2, -0.15) is 0 Å². The molecule has 0 bridgehead atoms. The van der Waals surface area contributed by atoms with Gasteiger partial charge >= 0.3 is 0 Å². The van der Waals surface area contributed by atoms with Gasteiger partial charge in [-0.1, -0.05) is 29.8 Å². The maximum Gasteiger partial charge on any atom is 0.198 e. The molecule has 1 aliphatic heterocycles. The quantitative estimate of drug-likeness (QED) is 0.521. The van der Waals surface area contributed by atoms with Crippen LogP contribution in [0, 0.1) is 0 Å². The molecule has 6 heteroatoms. The summed E-state index contributed by atoms with van der Waals surface area (Å²) in [6.45, 7) is 4.10. The highest BCUT2D eigenvalue weighted by Crippen LogP contribution is 2.31. The monoisotopic (exact) mass is 358 g/mol. The molecule has 0 saturated carbocycles. The summed E-state index contributed by atoms with van der Waals surface area (Å²) in [5.74, 6) is 0.785. The summed E-state index contributed by atoms with van der Waals surface area (Å²) in [6.07, 6.45) is 2.48. The van der Waals surface area contributed by atoms with Crippen LogP contribution in [0.25, 0.3) is 0 Å². The van der Waals surface area contributed by atoms with Crippen LogP contribution in [-0.4, -0.2) is 25.9 Å². The van der Waals surface area contributed by atoms with E-state index in [9.17, 15) is 0 Å². The average Bonchev–Trinajstić information content (AvgIpc) is 2.60. The first-order chi connectivity index (χ1) is 11.2. The third kappa shape index (κ3) is 5.15. The summed E-state index contributed by atoms with van der Waals surface area (Å²) in [5.41, 5.74) is 2.11. The Hall–Kier alpha value is -1.20. The fraction of sp³-hybridized carbons (Fsp3) is 0.412. The van der Waals surface area contributed by atoms with E-state index in [1.165, 1.54) is 5.54 Å². The lowest BCUT2D eigenvalue weighted by Crippen LogP contribution is -2.41. The largest absolute Gasteiger partial charge is 0.497 e. The van der Waals surface area contributed by atoms with Gasteiger partial charge in [0, 0.05) is 5.56 Å². The zero-order chi connectivity index (χ0) is 16.7. The van der Waals surface area contributed by atoms with E-state index in [1.807, 2.05) is 30.3 Å². The highest BCUT2D eigenvalue weighted by atomic mass is 35.5. The van der Waals surface area contributed by atoms with Gasteiger partial charge in [0.1, 0.15) is 18.0 Å². The molecule has 2 rings (SSSR count). The molecular weight excluding hydrogens is 339 g/mol. The second-order valence-electron chi connectivity index (χ2n) is 5.05. The molecule has 23 heavy (non-hydrogen) atoms. The van der Waals surface area contributed by atoms with Crippen molar-refractivity contribution in [2.24, 2.45) is 0 Å². The SMILES string of the molecule is C=CCC[C@@H]1O[C@H](c2ccc(OC)cc2)OC[C@H]1O/C(Cl)=C\Cl. The number of rotatable bonds is 7. The predicted molar refractivity (Wildman–Crippen MR) is 90.7 cm³/mol. The summed E-state index contributed by atoms with van der Waals surface area (Å²) in [6, 6.07) is 7.58. The van der Waals surface area contributed by atoms with Gasteiger partial charge in [-0.15, -0.1) is 6.58 Å². The van der Waals surface area contributed by atoms with Crippen molar-refractivity contribution in [2.45, 2.75) is 31.3 Å². The maximum atomic E-state index is 6.04. The van der Waals surface area contributed by atoms with Gasteiger partial charge < -0.3 is 18.9 Å². The molecule has 0 spiro atoms. The maximum absolute atomic E-state index is 6.04. The standard InChI is InChI=1S/C17H20Cl2O4/c1-3-4-5-14-15(22-16(19)10-18)11-21-17(23-14)12-6-8-13(20-2)9-7-12/h3,6-10,14-15,17H,1,4-5,11H2,2H3/b16-10-/t14-,15+,17+/m0/s1. The van der Waals surface area contributed by atoms with Crippen LogP contribution in [0.3, 0.4) is 0 Å². The molecule has 1 heterocycles. The van der Waals surface area contributed by atoms with Crippen molar-refractivity contribution in [1.29, 1.82) is 0 Å². The Morgan fingerprint density at radius 1 is 1.39 bits per heavy atom. The van der Waals surface area contributed by atoms with Gasteiger partial charge in [0.25, 0.3) is 0 Å². The number of hydrogen-bond acceptors (Lipinski definition) is 4. The number of allylic oxidation sites excluding steroid dienone is 1. The van der Waals surface area contributed by atoms with Crippen molar-refractivity contribution in [3.63, 3.8) is 0 Å². The molecule has 0 amide bonds. The van der Waals surface area contributed by atoms with Crippen molar-refractivity contribution in [1.82, 2.24) is 0 Å². The van der Waals surface area contributed by atoms with Gasteiger partial charge in [-0.05, 0) is 36.6 Å². The van der Waals surface area contributed by atoms with E-state index in [0.717, 1.165) is 24.2 Å². The third-order valence-corrected chi connectivity index (χ3v) is 4.03. The van der Waals surface area contributed by atoms with E-state index in [2.05, 4.69) is 6.58 Å². The van der Waals surface area contributed by atoms with Crippen LogP contribution < -0.4 is 4.74 Å². The summed E-state index contributed by atoms with van der Waals surface area (Å²) in [7, 11) is 1.63. The molecule has 1 fully saturated rings.